The molecule has 0 aliphatic heterocycles. The van der Waals surface area contributed by atoms with Gasteiger partial charge >= 0.3 is 18.1 Å². The first kappa shape index (κ1) is 19.2. The van der Waals surface area contributed by atoms with Crippen LogP contribution < -0.4 is 0 Å². The molecular weight excluding hydrogens is 349 g/mol. The van der Waals surface area contributed by atoms with Gasteiger partial charge in [-0.15, -0.1) is 0 Å². The lowest BCUT2D eigenvalue weighted by Gasteiger charge is -2.60. The zero-order valence-electron chi connectivity index (χ0n) is 15.4. The van der Waals surface area contributed by atoms with E-state index in [1.807, 2.05) is 0 Å². The zero-order chi connectivity index (χ0) is 19.5. The van der Waals surface area contributed by atoms with E-state index in [2.05, 4.69) is 6.58 Å². The average Bonchev–Trinajstić information content (AvgIpc) is 2.41. The highest BCUT2D eigenvalue weighted by Gasteiger charge is 2.63. The van der Waals surface area contributed by atoms with Gasteiger partial charge in [0.1, 0.15) is 16.8 Å². The normalized spacial score (nSPS) is 35.9. The van der Waals surface area contributed by atoms with Crippen molar-refractivity contribution in [2.45, 2.75) is 76.7 Å². The molecule has 4 saturated carbocycles. The Morgan fingerprint density at radius 3 is 2.04 bits per heavy atom. The SMILES string of the molecule is C=C(C(=O)OC12CC3CC(C1)CC(C(=O)OC(C)(C)C)(C3)C2)C(F)(F)F. The number of hydrogen-bond donors (Lipinski definition) is 0. The van der Waals surface area contributed by atoms with E-state index in [9.17, 15) is 22.8 Å². The number of esters is 2. The van der Waals surface area contributed by atoms with E-state index in [0.29, 0.717) is 25.7 Å². The minimum Gasteiger partial charge on any atom is -0.460 e. The number of rotatable bonds is 3. The van der Waals surface area contributed by atoms with Crippen molar-refractivity contribution in [3.63, 3.8) is 0 Å². The molecule has 0 spiro atoms. The van der Waals surface area contributed by atoms with Gasteiger partial charge in [0, 0.05) is 6.42 Å². The van der Waals surface area contributed by atoms with Crippen molar-refractivity contribution in [3.05, 3.63) is 12.2 Å². The number of carbonyl (C=O) groups is 2. The van der Waals surface area contributed by atoms with Crippen molar-refractivity contribution in [2.75, 3.05) is 0 Å². The lowest BCUT2D eigenvalue weighted by Crippen LogP contribution is -2.60. The van der Waals surface area contributed by atoms with Gasteiger partial charge in [-0.2, -0.15) is 13.2 Å². The van der Waals surface area contributed by atoms with E-state index in [0.717, 1.165) is 6.42 Å². The van der Waals surface area contributed by atoms with Crippen LogP contribution in [0, 0.1) is 17.3 Å². The Kier molecular flexibility index (Phi) is 4.24. The van der Waals surface area contributed by atoms with Gasteiger partial charge in [0.05, 0.1) is 5.41 Å². The summed E-state index contributed by atoms with van der Waals surface area (Å²) in [5.41, 5.74) is -3.93. The predicted octanol–water partition coefficient (Wildman–Crippen LogP) is 4.33. The largest absolute Gasteiger partial charge is 0.460 e. The lowest BCUT2D eigenvalue weighted by molar-refractivity contribution is -0.218. The van der Waals surface area contributed by atoms with Crippen LogP contribution in [0.2, 0.25) is 0 Å². The number of alkyl halides is 3. The molecule has 2 unspecified atom stereocenters. The maximum atomic E-state index is 12.9. The molecule has 7 heteroatoms. The minimum atomic E-state index is -4.82. The summed E-state index contributed by atoms with van der Waals surface area (Å²) in [4.78, 5) is 24.9. The van der Waals surface area contributed by atoms with Crippen molar-refractivity contribution in [1.29, 1.82) is 0 Å². The van der Waals surface area contributed by atoms with Crippen LogP contribution in [0.4, 0.5) is 13.2 Å². The lowest BCUT2D eigenvalue weighted by atomic mass is 9.48. The molecule has 0 aromatic rings. The van der Waals surface area contributed by atoms with Crippen LogP contribution in [0.3, 0.4) is 0 Å². The molecule has 4 fully saturated rings. The molecule has 0 heterocycles. The smallest absolute Gasteiger partial charge is 0.422 e. The molecule has 0 radical (unpaired) electrons. The van der Waals surface area contributed by atoms with Gasteiger partial charge in [-0.3, -0.25) is 4.79 Å². The second-order valence-electron chi connectivity index (χ2n) is 9.29. The Morgan fingerprint density at radius 1 is 1.04 bits per heavy atom. The van der Waals surface area contributed by atoms with Crippen LogP contribution in [-0.2, 0) is 19.1 Å². The molecule has 4 nitrogen and oxygen atoms in total. The molecule has 0 aromatic carbocycles. The van der Waals surface area contributed by atoms with Crippen LogP contribution in [0.15, 0.2) is 12.2 Å². The Bertz CT molecular complexity index is 630. The van der Waals surface area contributed by atoms with Crippen molar-refractivity contribution >= 4 is 11.9 Å². The second kappa shape index (κ2) is 5.73. The van der Waals surface area contributed by atoms with Gasteiger partial charge in [-0.1, -0.05) is 6.58 Å². The molecule has 2 atom stereocenters. The molecule has 4 aliphatic rings. The molecule has 4 aliphatic carbocycles. The third-order valence-electron chi connectivity index (χ3n) is 5.74. The quantitative estimate of drug-likeness (QED) is 0.545. The summed E-state index contributed by atoms with van der Waals surface area (Å²) in [6.45, 7) is 8.19. The third-order valence-corrected chi connectivity index (χ3v) is 5.74. The number of carbonyl (C=O) groups excluding carboxylic acids is 2. The Balaban J connectivity index is 1.83. The van der Waals surface area contributed by atoms with E-state index < -0.39 is 34.3 Å². The fraction of sp³-hybridized carbons (Fsp3) is 0.789. The maximum Gasteiger partial charge on any atom is 0.422 e. The first-order valence-corrected chi connectivity index (χ1v) is 8.97. The van der Waals surface area contributed by atoms with Crippen molar-refractivity contribution in [2.24, 2.45) is 17.3 Å². The number of halogens is 3. The summed E-state index contributed by atoms with van der Waals surface area (Å²) in [6, 6.07) is 0. The predicted molar refractivity (Wildman–Crippen MR) is 87.0 cm³/mol. The minimum absolute atomic E-state index is 0.163. The van der Waals surface area contributed by atoms with Crippen LogP contribution >= 0.6 is 0 Å². The van der Waals surface area contributed by atoms with E-state index in [1.165, 1.54) is 0 Å². The fourth-order valence-corrected chi connectivity index (χ4v) is 5.30. The van der Waals surface area contributed by atoms with Gasteiger partial charge in [0.2, 0.25) is 0 Å². The standard InChI is InChI=1S/C19H25F3O4/c1-11(19(20,21)22)14(23)25-18-8-12-5-13(9-18)7-17(6-12,10-18)15(24)26-16(2,3)4/h12-13H,1,5-10H2,2-4H3. The van der Waals surface area contributed by atoms with Gasteiger partial charge in [0.25, 0.3) is 0 Å². The molecule has 4 rings (SSSR count). The highest BCUT2D eigenvalue weighted by Crippen LogP contribution is 2.63. The first-order valence-electron chi connectivity index (χ1n) is 8.97. The summed E-state index contributed by atoms with van der Waals surface area (Å²) in [5, 5.41) is 0. The summed E-state index contributed by atoms with van der Waals surface area (Å²) in [5.74, 6) is -1.43. The highest BCUT2D eigenvalue weighted by molar-refractivity contribution is 5.89. The van der Waals surface area contributed by atoms with Gasteiger partial charge in [-0.25, -0.2) is 4.79 Å². The molecule has 146 valence electrons. The summed E-state index contributed by atoms with van der Waals surface area (Å²) < 4.78 is 49.3. The van der Waals surface area contributed by atoms with Crippen LogP contribution in [0.5, 0.6) is 0 Å². The molecule has 0 amide bonds. The molecule has 4 bridgehead atoms. The number of ether oxygens (including phenoxy) is 2. The van der Waals surface area contributed by atoms with Crippen LogP contribution in [0.1, 0.15) is 59.3 Å². The molecule has 0 N–H and O–H groups in total. The Morgan fingerprint density at radius 2 is 1.58 bits per heavy atom. The monoisotopic (exact) mass is 374 g/mol. The summed E-state index contributed by atoms with van der Waals surface area (Å²) >= 11 is 0. The van der Waals surface area contributed by atoms with Crippen molar-refractivity contribution in [1.82, 2.24) is 0 Å². The molecule has 0 aromatic heterocycles. The molecule has 26 heavy (non-hydrogen) atoms. The fourth-order valence-electron chi connectivity index (χ4n) is 5.30. The first-order chi connectivity index (χ1) is 11.7. The third kappa shape index (κ3) is 3.49. The van der Waals surface area contributed by atoms with Crippen LogP contribution in [0.25, 0.3) is 0 Å². The zero-order valence-corrected chi connectivity index (χ0v) is 15.4. The van der Waals surface area contributed by atoms with Crippen LogP contribution in [-0.4, -0.2) is 29.3 Å². The number of hydrogen-bond acceptors (Lipinski definition) is 4. The van der Waals surface area contributed by atoms with Gasteiger partial charge < -0.3 is 9.47 Å². The van der Waals surface area contributed by atoms with E-state index >= 15 is 0 Å². The topological polar surface area (TPSA) is 52.6 Å². The van der Waals surface area contributed by atoms with E-state index in [4.69, 9.17) is 9.47 Å². The van der Waals surface area contributed by atoms with Gasteiger partial charge in [0.15, 0.2) is 0 Å². The van der Waals surface area contributed by atoms with Crippen molar-refractivity contribution < 1.29 is 32.2 Å². The maximum absolute atomic E-state index is 12.9. The average molecular weight is 374 g/mol. The molecular formula is C19H25F3O4. The Labute approximate surface area is 151 Å². The van der Waals surface area contributed by atoms with Crippen molar-refractivity contribution in [3.8, 4) is 0 Å². The van der Waals surface area contributed by atoms with E-state index in [1.54, 1.807) is 20.8 Å². The highest BCUT2D eigenvalue weighted by atomic mass is 19.4. The summed E-state index contributed by atoms with van der Waals surface area (Å²) in [7, 11) is 0. The van der Waals surface area contributed by atoms with Gasteiger partial charge in [-0.05, 0) is 64.7 Å². The molecule has 0 saturated heterocycles. The summed E-state index contributed by atoms with van der Waals surface area (Å²) in [6.07, 6.45) is -1.35. The Hall–Kier alpha value is -1.53. The second-order valence-corrected chi connectivity index (χ2v) is 9.29. The van der Waals surface area contributed by atoms with E-state index in [-0.39, 0.29) is 24.2 Å².